The highest BCUT2D eigenvalue weighted by atomic mass is 19.1. The Morgan fingerprint density at radius 2 is 2.16 bits per heavy atom. The quantitative estimate of drug-likeness (QED) is 0.556. The van der Waals surface area contributed by atoms with E-state index in [1.165, 1.54) is 0 Å². The molecule has 0 radical (unpaired) electrons. The third-order valence-corrected chi connectivity index (χ3v) is 2.27. The van der Waals surface area contributed by atoms with E-state index in [9.17, 15) is 4.39 Å². The second kappa shape index (κ2) is 9.46. The van der Waals surface area contributed by atoms with Gasteiger partial charge in [0.15, 0.2) is 11.6 Å². The lowest BCUT2D eigenvalue weighted by Crippen LogP contribution is -2.12. The Labute approximate surface area is 112 Å². The van der Waals surface area contributed by atoms with Gasteiger partial charge in [0, 0.05) is 19.7 Å². The van der Waals surface area contributed by atoms with E-state index in [0.29, 0.717) is 32.1 Å². The van der Waals surface area contributed by atoms with Gasteiger partial charge in [0.05, 0.1) is 19.4 Å². The zero-order valence-electron chi connectivity index (χ0n) is 11.2. The van der Waals surface area contributed by atoms with E-state index in [4.69, 9.17) is 9.84 Å². The van der Waals surface area contributed by atoms with E-state index >= 15 is 0 Å². The van der Waals surface area contributed by atoms with Crippen molar-refractivity contribution in [2.45, 2.75) is 19.8 Å². The summed E-state index contributed by atoms with van der Waals surface area (Å²) in [6, 6.07) is 0. The fourth-order valence-corrected chi connectivity index (χ4v) is 1.36. The molecule has 0 atom stereocenters. The minimum absolute atomic E-state index is 0.0143. The molecule has 0 spiro atoms. The summed E-state index contributed by atoms with van der Waals surface area (Å²) in [5, 5.41) is 14.4. The number of ether oxygens (including phenoxy) is 1. The lowest BCUT2D eigenvalue weighted by Gasteiger charge is -2.09. The molecule has 0 unspecified atom stereocenters. The summed E-state index contributed by atoms with van der Waals surface area (Å²) in [6.45, 7) is 4.18. The molecule has 1 rings (SSSR count). The van der Waals surface area contributed by atoms with Gasteiger partial charge in [-0.1, -0.05) is 6.92 Å². The molecule has 1 aromatic rings. The molecule has 0 aromatic carbocycles. The Bertz CT molecular complexity index is 366. The predicted octanol–water partition coefficient (Wildman–Crippen LogP) is 1.25. The number of anilines is 2. The molecule has 19 heavy (non-hydrogen) atoms. The minimum Gasteiger partial charge on any atom is -0.394 e. The van der Waals surface area contributed by atoms with Gasteiger partial charge in [0.2, 0.25) is 5.95 Å². The molecule has 0 amide bonds. The number of aliphatic hydroxyl groups is 1. The molecule has 0 aliphatic heterocycles. The zero-order chi connectivity index (χ0) is 13.9. The molecule has 0 saturated heterocycles. The van der Waals surface area contributed by atoms with Crippen LogP contribution < -0.4 is 10.6 Å². The SMILES string of the molecule is CCCNc1ncc(F)c(NCCCOCCO)n1. The average molecular weight is 272 g/mol. The third-order valence-electron chi connectivity index (χ3n) is 2.27. The Morgan fingerprint density at radius 3 is 2.89 bits per heavy atom. The molecule has 0 aliphatic carbocycles. The largest absolute Gasteiger partial charge is 0.394 e. The molecule has 0 fully saturated rings. The number of rotatable bonds is 10. The molecule has 1 aromatic heterocycles. The Hall–Kier alpha value is -1.47. The first-order valence-electron chi connectivity index (χ1n) is 6.46. The van der Waals surface area contributed by atoms with Crippen molar-refractivity contribution in [3.8, 4) is 0 Å². The van der Waals surface area contributed by atoms with Crippen molar-refractivity contribution >= 4 is 11.8 Å². The standard InChI is InChI=1S/C12H21FN4O2/c1-2-4-15-12-16-9-10(13)11(17-12)14-5-3-7-19-8-6-18/h9,18H,2-8H2,1H3,(H2,14,15,16,17). The summed E-state index contributed by atoms with van der Waals surface area (Å²) >= 11 is 0. The van der Waals surface area contributed by atoms with Crippen LogP contribution in [0.5, 0.6) is 0 Å². The maximum atomic E-state index is 13.4. The first-order valence-corrected chi connectivity index (χ1v) is 6.46. The lowest BCUT2D eigenvalue weighted by atomic mass is 10.4. The van der Waals surface area contributed by atoms with Crippen LogP contribution in [0.1, 0.15) is 19.8 Å². The van der Waals surface area contributed by atoms with Gasteiger partial charge in [-0.05, 0) is 12.8 Å². The smallest absolute Gasteiger partial charge is 0.224 e. The van der Waals surface area contributed by atoms with Crippen LogP contribution in [0.15, 0.2) is 6.20 Å². The number of nitrogens with zero attached hydrogens (tertiary/aromatic N) is 2. The summed E-state index contributed by atoms with van der Waals surface area (Å²) in [7, 11) is 0. The van der Waals surface area contributed by atoms with Crippen LogP contribution in [-0.2, 0) is 4.74 Å². The molecule has 0 saturated carbocycles. The van der Waals surface area contributed by atoms with Crippen molar-refractivity contribution in [2.24, 2.45) is 0 Å². The van der Waals surface area contributed by atoms with Gasteiger partial charge in [0.1, 0.15) is 0 Å². The van der Waals surface area contributed by atoms with E-state index in [-0.39, 0.29) is 12.4 Å². The second-order valence-electron chi connectivity index (χ2n) is 3.93. The first kappa shape index (κ1) is 15.6. The summed E-state index contributed by atoms with van der Waals surface area (Å²) in [5.41, 5.74) is 0. The van der Waals surface area contributed by atoms with Crippen LogP contribution in [0.25, 0.3) is 0 Å². The maximum absolute atomic E-state index is 13.4. The summed E-state index contributed by atoms with van der Waals surface area (Å²) in [6.07, 6.45) is 2.81. The highest BCUT2D eigenvalue weighted by Crippen LogP contribution is 2.11. The normalized spacial score (nSPS) is 10.5. The maximum Gasteiger partial charge on any atom is 0.224 e. The molecule has 1 heterocycles. The number of hydrogen-bond donors (Lipinski definition) is 3. The number of aliphatic hydroxyl groups excluding tert-OH is 1. The number of halogens is 1. The van der Waals surface area contributed by atoms with E-state index < -0.39 is 5.82 Å². The Morgan fingerprint density at radius 1 is 1.32 bits per heavy atom. The van der Waals surface area contributed by atoms with Crippen LogP contribution in [0, 0.1) is 5.82 Å². The topological polar surface area (TPSA) is 79.3 Å². The van der Waals surface area contributed by atoms with Crippen LogP contribution in [0.2, 0.25) is 0 Å². The van der Waals surface area contributed by atoms with Crippen LogP contribution in [0.4, 0.5) is 16.2 Å². The monoisotopic (exact) mass is 272 g/mol. The van der Waals surface area contributed by atoms with Gasteiger partial charge in [-0.2, -0.15) is 4.98 Å². The summed E-state index contributed by atoms with van der Waals surface area (Å²) in [4.78, 5) is 7.91. The molecule has 108 valence electrons. The van der Waals surface area contributed by atoms with Gasteiger partial charge < -0.3 is 20.5 Å². The fraction of sp³-hybridized carbons (Fsp3) is 0.667. The Kier molecular flexibility index (Phi) is 7.76. The average Bonchev–Trinajstić information content (AvgIpc) is 2.43. The van der Waals surface area contributed by atoms with Crippen molar-refractivity contribution in [1.82, 2.24) is 9.97 Å². The number of aromatic nitrogens is 2. The van der Waals surface area contributed by atoms with Crippen LogP contribution in [-0.4, -0.2) is 48.0 Å². The Balaban J connectivity index is 2.34. The van der Waals surface area contributed by atoms with Crippen molar-refractivity contribution in [3.63, 3.8) is 0 Å². The molecule has 0 bridgehead atoms. The highest BCUT2D eigenvalue weighted by Gasteiger charge is 2.05. The molecule has 6 nitrogen and oxygen atoms in total. The van der Waals surface area contributed by atoms with E-state index in [2.05, 4.69) is 20.6 Å². The van der Waals surface area contributed by atoms with Crippen LogP contribution >= 0.6 is 0 Å². The van der Waals surface area contributed by atoms with E-state index in [0.717, 1.165) is 19.2 Å². The first-order chi connectivity index (χ1) is 9.27. The molecular weight excluding hydrogens is 251 g/mol. The van der Waals surface area contributed by atoms with Gasteiger partial charge in [-0.25, -0.2) is 9.37 Å². The molecular formula is C12H21FN4O2. The van der Waals surface area contributed by atoms with E-state index in [1.807, 2.05) is 6.92 Å². The molecule has 3 N–H and O–H groups in total. The van der Waals surface area contributed by atoms with Crippen molar-refractivity contribution < 1.29 is 14.2 Å². The second-order valence-corrected chi connectivity index (χ2v) is 3.93. The van der Waals surface area contributed by atoms with Gasteiger partial charge in [-0.15, -0.1) is 0 Å². The highest BCUT2D eigenvalue weighted by molar-refractivity contribution is 5.40. The third kappa shape index (κ3) is 6.30. The summed E-state index contributed by atoms with van der Waals surface area (Å²) in [5.74, 6) is 0.136. The zero-order valence-corrected chi connectivity index (χ0v) is 11.2. The lowest BCUT2D eigenvalue weighted by molar-refractivity contribution is 0.0921. The summed E-state index contributed by atoms with van der Waals surface area (Å²) < 4.78 is 18.5. The van der Waals surface area contributed by atoms with Crippen molar-refractivity contribution in [3.05, 3.63) is 12.0 Å². The number of hydrogen-bond acceptors (Lipinski definition) is 6. The minimum atomic E-state index is -0.474. The van der Waals surface area contributed by atoms with Gasteiger partial charge >= 0.3 is 0 Å². The number of nitrogens with one attached hydrogen (secondary N) is 2. The van der Waals surface area contributed by atoms with Crippen LogP contribution in [0.3, 0.4) is 0 Å². The molecule has 0 aliphatic rings. The van der Waals surface area contributed by atoms with Crippen molar-refractivity contribution in [1.29, 1.82) is 0 Å². The van der Waals surface area contributed by atoms with E-state index in [1.54, 1.807) is 0 Å². The van der Waals surface area contributed by atoms with Gasteiger partial charge in [-0.3, -0.25) is 0 Å². The fourth-order valence-electron chi connectivity index (χ4n) is 1.36. The predicted molar refractivity (Wildman–Crippen MR) is 71.8 cm³/mol. The molecule has 7 heteroatoms. The van der Waals surface area contributed by atoms with Crippen molar-refractivity contribution in [2.75, 3.05) is 43.5 Å². The van der Waals surface area contributed by atoms with Gasteiger partial charge in [0.25, 0.3) is 0 Å².